The van der Waals surface area contributed by atoms with Gasteiger partial charge in [-0.3, -0.25) is 4.98 Å². The number of nitrogens with zero attached hydrogens (tertiary/aromatic N) is 3. The van der Waals surface area contributed by atoms with Crippen LogP contribution in [0.3, 0.4) is 0 Å². The molecule has 0 atom stereocenters. The largest absolute Gasteiger partial charge is 0.398 e. The fourth-order valence-corrected chi connectivity index (χ4v) is 2.81. The van der Waals surface area contributed by atoms with Gasteiger partial charge in [0.25, 0.3) is 0 Å². The molecule has 0 fully saturated rings. The average Bonchev–Trinajstić information content (AvgIpc) is 2.42. The molecule has 2 aromatic heterocycles. The summed E-state index contributed by atoms with van der Waals surface area (Å²) in [5.41, 5.74) is 17.8. The van der Waals surface area contributed by atoms with Gasteiger partial charge in [0.2, 0.25) is 0 Å². The van der Waals surface area contributed by atoms with Crippen molar-refractivity contribution < 1.29 is 4.39 Å². The number of pyridine rings is 1. The molecule has 21 heavy (non-hydrogen) atoms. The smallest absolute Gasteiger partial charge is 0.196 e. The monoisotopic (exact) mass is 302 g/mol. The maximum atomic E-state index is 14.2. The lowest BCUT2D eigenvalue weighted by Crippen LogP contribution is -2.00. The van der Waals surface area contributed by atoms with Crippen LogP contribution in [0.4, 0.5) is 21.7 Å². The predicted octanol–water partition coefficient (Wildman–Crippen LogP) is 2.06. The van der Waals surface area contributed by atoms with Gasteiger partial charge >= 0.3 is 0 Å². The van der Waals surface area contributed by atoms with Crippen LogP contribution in [0.5, 0.6) is 0 Å². The number of fused-ring (bicyclic) bond motifs is 1. The molecule has 0 amide bonds. The topological polar surface area (TPSA) is 117 Å². The van der Waals surface area contributed by atoms with Crippen LogP contribution in [0.25, 0.3) is 10.9 Å². The zero-order valence-electron chi connectivity index (χ0n) is 10.7. The third-order valence-electron chi connectivity index (χ3n) is 2.77. The average molecular weight is 302 g/mol. The second-order valence-electron chi connectivity index (χ2n) is 4.28. The Morgan fingerprint density at radius 2 is 1.76 bits per heavy atom. The van der Waals surface area contributed by atoms with Crippen molar-refractivity contribution in [1.82, 2.24) is 15.0 Å². The fourth-order valence-electron chi connectivity index (χ4n) is 1.91. The summed E-state index contributed by atoms with van der Waals surface area (Å²) in [6.45, 7) is 0. The third kappa shape index (κ3) is 2.52. The molecule has 0 saturated heterocycles. The highest BCUT2D eigenvalue weighted by Crippen LogP contribution is 2.36. The maximum absolute atomic E-state index is 14.2. The van der Waals surface area contributed by atoms with E-state index in [1.807, 2.05) is 0 Å². The number of anilines is 3. The minimum atomic E-state index is -0.492. The minimum Gasteiger partial charge on any atom is -0.398 e. The molecule has 8 heteroatoms. The van der Waals surface area contributed by atoms with Crippen LogP contribution in [0.15, 0.2) is 40.5 Å². The zero-order chi connectivity index (χ0) is 15.0. The van der Waals surface area contributed by atoms with E-state index in [-0.39, 0.29) is 21.7 Å². The predicted molar refractivity (Wildman–Crippen MR) is 81.1 cm³/mol. The van der Waals surface area contributed by atoms with Crippen LogP contribution in [0.2, 0.25) is 0 Å². The Kier molecular flexibility index (Phi) is 3.22. The highest BCUT2D eigenvalue weighted by atomic mass is 32.2. The number of hydrogen-bond acceptors (Lipinski definition) is 7. The van der Waals surface area contributed by atoms with E-state index >= 15 is 0 Å². The molecule has 0 bridgehead atoms. The highest BCUT2D eigenvalue weighted by Gasteiger charge is 2.15. The van der Waals surface area contributed by atoms with Gasteiger partial charge in [-0.1, -0.05) is 0 Å². The molecule has 0 unspecified atom stereocenters. The molecule has 0 aliphatic heterocycles. The number of halogens is 1. The van der Waals surface area contributed by atoms with E-state index in [1.165, 1.54) is 12.1 Å². The van der Waals surface area contributed by atoms with Crippen LogP contribution in [0.1, 0.15) is 0 Å². The second kappa shape index (κ2) is 5.06. The van der Waals surface area contributed by atoms with Gasteiger partial charge in [0.1, 0.15) is 17.5 Å². The molecular weight excluding hydrogens is 291 g/mol. The quantitative estimate of drug-likeness (QED) is 0.490. The number of nitrogen functional groups attached to an aromatic ring is 3. The number of aromatic nitrogens is 3. The summed E-state index contributed by atoms with van der Waals surface area (Å²) in [7, 11) is 0. The summed E-state index contributed by atoms with van der Waals surface area (Å²) in [5, 5.41) is 0.918. The molecule has 106 valence electrons. The first-order valence-corrected chi connectivity index (χ1v) is 6.77. The Labute approximate surface area is 123 Å². The van der Waals surface area contributed by atoms with E-state index in [1.54, 1.807) is 18.3 Å². The molecular formula is C13H11FN6S. The summed E-state index contributed by atoms with van der Waals surface area (Å²) < 4.78 is 14.2. The summed E-state index contributed by atoms with van der Waals surface area (Å²) >= 11 is 1.01. The first-order chi connectivity index (χ1) is 10.0. The van der Waals surface area contributed by atoms with Crippen LogP contribution in [-0.2, 0) is 0 Å². The molecule has 0 saturated carbocycles. The third-order valence-corrected chi connectivity index (χ3v) is 3.73. The van der Waals surface area contributed by atoms with Gasteiger partial charge in [-0.15, -0.1) is 0 Å². The Morgan fingerprint density at radius 1 is 1.05 bits per heavy atom. The van der Waals surface area contributed by atoms with Crippen LogP contribution >= 0.6 is 11.8 Å². The second-order valence-corrected chi connectivity index (χ2v) is 5.26. The van der Waals surface area contributed by atoms with Gasteiger partial charge in [-0.25, -0.2) is 14.4 Å². The SMILES string of the molecule is Nc1cc(N)nc(Sc2c(F)cc(N)c3cccnc23)n1. The molecule has 6 nitrogen and oxygen atoms in total. The number of rotatable bonds is 2. The molecule has 0 radical (unpaired) electrons. The Balaban J connectivity index is 2.16. The van der Waals surface area contributed by atoms with Crippen molar-refractivity contribution in [2.45, 2.75) is 10.1 Å². The van der Waals surface area contributed by atoms with E-state index in [2.05, 4.69) is 15.0 Å². The standard InChI is InChI=1S/C13H11FN6S/c14-7-4-8(15)6-2-1-3-18-11(6)12(7)21-13-19-9(16)5-10(17)20-13/h1-5H,15H2,(H4,16,17,19,20). The van der Waals surface area contributed by atoms with Crippen LogP contribution in [0, 0.1) is 5.82 Å². The lowest BCUT2D eigenvalue weighted by Gasteiger charge is -2.09. The van der Waals surface area contributed by atoms with Gasteiger partial charge in [0.15, 0.2) is 5.16 Å². The van der Waals surface area contributed by atoms with E-state index in [9.17, 15) is 4.39 Å². The van der Waals surface area contributed by atoms with Gasteiger partial charge in [0.05, 0.1) is 10.4 Å². The van der Waals surface area contributed by atoms with Gasteiger partial charge in [0, 0.05) is 23.3 Å². The normalized spacial score (nSPS) is 10.9. The van der Waals surface area contributed by atoms with Crippen molar-refractivity contribution in [1.29, 1.82) is 0 Å². The van der Waals surface area contributed by atoms with Crippen molar-refractivity contribution >= 4 is 40.0 Å². The van der Waals surface area contributed by atoms with E-state index in [0.717, 1.165) is 11.8 Å². The van der Waals surface area contributed by atoms with Crippen molar-refractivity contribution in [2.75, 3.05) is 17.2 Å². The molecule has 3 aromatic rings. The van der Waals surface area contributed by atoms with Gasteiger partial charge in [-0.2, -0.15) is 0 Å². The van der Waals surface area contributed by atoms with Crippen molar-refractivity contribution in [3.8, 4) is 0 Å². The molecule has 0 spiro atoms. The fraction of sp³-hybridized carbons (Fsp3) is 0. The van der Waals surface area contributed by atoms with Crippen LogP contribution in [-0.4, -0.2) is 15.0 Å². The number of nitrogens with two attached hydrogens (primary N) is 3. The summed E-state index contributed by atoms with van der Waals surface area (Å²) in [6, 6.07) is 6.19. The summed E-state index contributed by atoms with van der Waals surface area (Å²) in [4.78, 5) is 12.5. The minimum absolute atomic E-state index is 0.220. The Hall–Kier alpha value is -2.61. The maximum Gasteiger partial charge on any atom is 0.196 e. The molecule has 1 aromatic carbocycles. The molecule has 0 aliphatic rings. The first-order valence-electron chi connectivity index (χ1n) is 5.95. The van der Waals surface area contributed by atoms with Crippen molar-refractivity contribution in [2.24, 2.45) is 0 Å². The molecule has 0 aliphatic carbocycles. The lowest BCUT2D eigenvalue weighted by molar-refractivity contribution is 0.605. The van der Waals surface area contributed by atoms with Crippen molar-refractivity contribution in [3.05, 3.63) is 36.3 Å². The zero-order valence-corrected chi connectivity index (χ0v) is 11.6. The highest BCUT2D eigenvalue weighted by molar-refractivity contribution is 7.99. The van der Waals surface area contributed by atoms with Crippen molar-refractivity contribution in [3.63, 3.8) is 0 Å². The summed E-state index contributed by atoms with van der Waals surface area (Å²) in [5.74, 6) is -0.0514. The first kappa shape index (κ1) is 13.4. The van der Waals surface area contributed by atoms with E-state index in [4.69, 9.17) is 17.2 Å². The molecule has 3 rings (SSSR count). The Morgan fingerprint density at radius 3 is 2.48 bits per heavy atom. The van der Waals surface area contributed by atoms with Crippen LogP contribution < -0.4 is 17.2 Å². The van der Waals surface area contributed by atoms with Gasteiger partial charge in [-0.05, 0) is 30.0 Å². The van der Waals surface area contributed by atoms with E-state index in [0.29, 0.717) is 16.6 Å². The lowest BCUT2D eigenvalue weighted by atomic mass is 10.2. The Bertz CT molecular complexity index is 818. The molecule has 6 N–H and O–H groups in total. The number of benzene rings is 1. The van der Waals surface area contributed by atoms with E-state index < -0.39 is 5.82 Å². The number of hydrogen-bond donors (Lipinski definition) is 3. The molecule has 2 heterocycles. The summed E-state index contributed by atoms with van der Waals surface area (Å²) in [6.07, 6.45) is 1.57. The van der Waals surface area contributed by atoms with Gasteiger partial charge < -0.3 is 17.2 Å².